The lowest BCUT2D eigenvalue weighted by Crippen LogP contribution is -2.13. The normalized spacial score (nSPS) is 11.0. The second-order valence-corrected chi connectivity index (χ2v) is 7.44. The fourth-order valence-electron chi connectivity index (χ4n) is 2.71. The molecule has 0 atom stereocenters. The summed E-state index contributed by atoms with van der Waals surface area (Å²) in [6, 6.07) is 21.7. The molecule has 0 bridgehead atoms. The Kier molecular flexibility index (Phi) is 6.95. The maximum atomic E-state index is 12.4. The van der Waals surface area contributed by atoms with E-state index < -0.39 is 5.91 Å². The summed E-state index contributed by atoms with van der Waals surface area (Å²) in [6.45, 7) is 0. The third-order valence-electron chi connectivity index (χ3n) is 4.21. The molecule has 0 unspecified atom stereocenters. The van der Waals surface area contributed by atoms with Crippen LogP contribution in [0, 0.1) is 11.3 Å². The van der Waals surface area contributed by atoms with Gasteiger partial charge >= 0.3 is 0 Å². The number of halogens is 3. The fourth-order valence-corrected chi connectivity index (χ4v) is 3.35. The Labute approximate surface area is 184 Å². The molecule has 1 amide bonds. The van der Waals surface area contributed by atoms with Crippen LogP contribution in [0.15, 0.2) is 72.3 Å². The van der Waals surface area contributed by atoms with Crippen LogP contribution in [0.25, 0.3) is 6.08 Å². The number of nitrogens with one attached hydrogen (secondary N) is 1. The average Bonchev–Trinajstić information content (AvgIpc) is 2.71. The summed E-state index contributed by atoms with van der Waals surface area (Å²) in [7, 11) is 0. The lowest BCUT2D eigenvalue weighted by Gasteiger charge is -2.08. The molecule has 0 aliphatic rings. The van der Waals surface area contributed by atoms with E-state index in [1.807, 2.05) is 36.4 Å². The van der Waals surface area contributed by atoms with Gasteiger partial charge in [0.15, 0.2) is 0 Å². The number of nitriles is 1. The minimum atomic E-state index is -0.545. The number of amides is 1. The van der Waals surface area contributed by atoms with Crippen molar-refractivity contribution < 1.29 is 4.79 Å². The Morgan fingerprint density at radius 3 is 2.21 bits per heavy atom. The van der Waals surface area contributed by atoms with Gasteiger partial charge in [-0.05, 0) is 47.0 Å². The highest BCUT2D eigenvalue weighted by atomic mass is 35.5. The van der Waals surface area contributed by atoms with Gasteiger partial charge in [-0.25, -0.2) is 0 Å². The Balaban J connectivity index is 1.80. The van der Waals surface area contributed by atoms with Crippen LogP contribution in [-0.2, 0) is 11.2 Å². The standard InChI is InChI=1S/C23H15Cl3N2O/c24-19-6-2-1-5-16(19)13-17-10-9-15(12-21(17)26)11-18(14-27)23(29)28-22-8-4-3-7-20(22)25/h1-12H,13H2,(H,28,29)/b18-11+. The molecular weight excluding hydrogens is 427 g/mol. The van der Waals surface area contributed by atoms with Gasteiger partial charge in [0.25, 0.3) is 5.91 Å². The average molecular weight is 442 g/mol. The molecule has 3 aromatic rings. The van der Waals surface area contributed by atoms with Gasteiger partial charge in [0.1, 0.15) is 11.6 Å². The van der Waals surface area contributed by atoms with Crippen molar-refractivity contribution in [1.29, 1.82) is 5.26 Å². The third kappa shape index (κ3) is 5.40. The maximum Gasteiger partial charge on any atom is 0.266 e. The van der Waals surface area contributed by atoms with Crippen LogP contribution in [0.4, 0.5) is 5.69 Å². The highest BCUT2D eigenvalue weighted by molar-refractivity contribution is 6.34. The summed E-state index contributed by atoms with van der Waals surface area (Å²) in [5.74, 6) is -0.545. The molecule has 0 aromatic heterocycles. The van der Waals surface area contributed by atoms with Gasteiger partial charge in [0.2, 0.25) is 0 Å². The zero-order valence-corrected chi connectivity index (χ0v) is 17.4. The van der Waals surface area contributed by atoms with E-state index in [2.05, 4.69) is 5.32 Å². The van der Waals surface area contributed by atoms with Gasteiger partial charge in [-0.3, -0.25) is 4.79 Å². The summed E-state index contributed by atoms with van der Waals surface area (Å²) in [5.41, 5.74) is 2.89. The Morgan fingerprint density at radius 2 is 1.55 bits per heavy atom. The van der Waals surface area contributed by atoms with Crippen molar-refractivity contribution in [3.8, 4) is 6.07 Å². The number of rotatable bonds is 5. The van der Waals surface area contributed by atoms with Crippen molar-refractivity contribution in [3.05, 3.63) is 104 Å². The molecule has 144 valence electrons. The summed E-state index contributed by atoms with van der Waals surface area (Å²) in [4.78, 5) is 12.4. The van der Waals surface area contributed by atoms with Crippen LogP contribution >= 0.6 is 34.8 Å². The summed E-state index contributed by atoms with van der Waals surface area (Å²) in [6.07, 6.45) is 2.07. The molecule has 3 rings (SSSR count). The SMILES string of the molecule is N#C/C(=C\c1ccc(Cc2ccccc2Cl)c(Cl)c1)C(=O)Nc1ccccc1Cl. The van der Waals surface area contributed by atoms with Gasteiger partial charge in [-0.2, -0.15) is 5.26 Å². The highest BCUT2D eigenvalue weighted by Crippen LogP contribution is 2.26. The van der Waals surface area contributed by atoms with E-state index in [4.69, 9.17) is 34.8 Å². The van der Waals surface area contributed by atoms with Crippen LogP contribution in [0.5, 0.6) is 0 Å². The molecule has 3 nitrogen and oxygen atoms in total. The Morgan fingerprint density at radius 1 is 0.897 bits per heavy atom. The van der Waals surface area contributed by atoms with Crippen LogP contribution in [-0.4, -0.2) is 5.91 Å². The van der Waals surface area contributed by atoms with Crippen LogP contribution in [0.3, 0.4) is 0 Å². The van der Waals surface area contributed by atoms with Gasteiger partial charge in [0.05, 0.1) is 10.7 Å². The molecule has 0 radical (unpaired) electrons. The summed E-state index contributed by atoms with van der Waals surface area (Å²) < 4.78 is 0. The second kappa shape index (κ2) is 9.62. The molecular formula is C23H15Cl3N2O. The zero-order valence-electron chi connectivity index (χ0n) is 15.1. The predicted molar refractivity (Wildman–Crippen MR) is 119 cm³/mol. The third-order valence-corrected chi connectivity index (χ3v) is 5.26. The molecule has 6 heteroatoms. The van der Waals surface area contributed by atoms with Gasteiger partial charge in [-0.1, -0.05) is 77.3 Å². The fraction of sp³-hybridized carbons (Fsp3) is 0.0435. The van der Waals surface area contributed by atoms with E-state index in [1.165, 1.54) is 6.08 Å². The highest BCUT2D eigenvalue weighted by Gasteiger charge is 2.12. The van der Waals surface area contributed by atoms with Crippen molar-refractivity contribution in [2.75, 3.05) is 5.32 Å². The van der Waals surface area contributed by atoms with Gasteiger partial charge in [0, 0.05) is 16.5 Å². The smallest absolute Gasteiger partial charge is 0.266 e. The first kappa shape index (κ1) is 21.0. The van der Waals surface area contributed by atoms with E-state index in [1.54, 1.807) is 36.4 Å². The molecule has 0 fully saturated rings. The zero-order chi connectivity index (χ0) is 20.8. The number of nitrogens with zero attached hydrogens (tertiary/aromatic N) is 1. The largest absolute Gasteiger partial charge is 0.320 e. The predicted octanol–water partition coefficient (Wildman–Crippen LogP) is 6.78. The minimum Gasteiger partial charge on any atom is -0.320 e. The van der Waals surface area contributed by atoms with Crippen LogP contribution < -0.4 is 5.32 Å². The van der Waals surface area contributed by atoms with Crippen molar-refractivity contribution in [2.45, 2.75) is 6.42 Å². The Hall–Kier alpha value is -2.77. The number of para-hydroxylation sites is 1. The lowest BCUT2D eigenvalue weighted by molar-refractivity contribution is -0.112. The number of hydrogen-bond acceptors (Lipinski definition) is 2. The lowest BCUT2D eigenvalue weighted by atomic mass is 10.0. The van der Waals surface area contributed by atoms with Crippen molar-refractivity contribution in [2.24, 2.45) is 0 Å². The van der Waals surface area contributed by atoms with E-state index >= 15 is 0 Å². The number of hydrogen-bond donors (Lipinski definition) is 1. The number of carbonyl (C=O) groups is 1. The van der Waals surface area contributed by atoms with Crippen LogP contribution in [0.1, 0.15) is 16.7 Å². The quantitative estimate of drug-likeness (QED) is 0.350. The van der Waals surface area contributed by atoms with E-state index in [-0.39, 0.29) is 5.57 Å². The molecule has 1 N–H and O–H groups in total. The first-order valence-electron chi connectivity index (χ1n) is 8.67. The van der Waals surface area contributed by atoms with Crippen molar-refractivity contribution in [1.82, 2.24) is 0 Å². The van der Waals surface area contributed by atoms with E-state index in [0.717, 1.165) is 11.1 Å². The van der Waals surface area contributed by atoms with Gasteiger partial charge < -0.3 is 5.32 Å². The van der Waals surface area contributed by atoms with E-state index in [9.17, 15) is 10.1 Å². The van der Waals surface area contributed by atoms with E-state index in [0.29, 0.717) is 32.7 Å². The molecule has 0 spiro atoms. The minimum absolute atomic E-state index is 0.0557. The summed E-state index contributed by atoms with van der Waals surface area (Å²) in [5, 5.41) is 13.6. The first-order valence-corrected chi connectivity index (χ1v) is 9.81. The molecule has 3 aromatic carbocycles. The maximum absolute atomic E-state index is 12.4. The van der Waals surface area contributed by atoms with Crippen molar-refractivity contribution in [3.63, 3.8) is 0 Å². The van der Waals surface area contributed by atoms with Crippen LogP contribution in [0.2, 0.25) is 15.1 Å². The molecule has 0 saturated heterocycles. The first-order chi connectivity index (χ1) is 14.0. The molecule has 0 aliphatic carbocycles. The Bertz CT molecular complexity index is 1130. The number of anilines is 1. The van der Waals surface area contributed by atoms with Gasteiger partial charge in [-0.15, -0.1) is 0 Å². The molecule has 0 heterocycles. The molecule has 29 heavy (non-hydrogen) atoms. The number of carbonyl (C=O) groups excluding carboxylic acids is 1. The monoisotopic (exact) mass is 440 g/mol. The number of benzene rings is 3. The van der Waals surface area contributed by atoms with Crippen molar-refractivity contribution >= 4 is 52.5 Å². The summed E-state index contributed by atoms with van der Waals surface area (Å²) >= 11 is 18.7. The topological polar surface area (TPSA) is 52.9 Å². The molecule has 0 saturated carbocycles. The second-order valence-electron chi connectivity index (χ2n) is 6.22. The molecule has 0 aliphatic heterocycles.